The third kappa shape index (κ3) is 5.75. The van der Waals surface area contributed by atoms with Gasteiger partial charge < -0.3 is 9.80 Å². The molecule has 3 aliphatic rings. The number of carbonyl (C=O) groups excluding carboxylic acids is 1. The summed E-state index contributed by atoms with van der Waals surface area (Å²) in [5, 5.41) is 0.538. The Morgan fingerprint density at radius 2 is 1.79 bits per heavy atom. The van der Waals surface area contributed by atoms with Gasteiger partial charge in [-0.25, -0.2) is 4.98 Å². The maximum absolute atomic E-state index is 13.4. The van der Waals surface area contributed by atoms with Gasteiger partial charge >= 0.3 is 0 Å². The number of hydrogen-bond donors (Lipinski definition) is 0. The molecule has 1 amide bonds. The van der Waals surface area contributed by atoms with E-state index in [0.29, 0.717) is 17.7 Å². The molecule has 3 aliphatic heterocycles. The molecule has 1 aromatic heterocycles. The summed E-state index contributed by atoms with van der Waals surface area (Å²) in [6.07, 6.45) is 5.38. The smallest absolute Gasteiger partial charge is 0.241 e. The van der Waals surface area contributed by atoms with E-state index in [2.05, 4.69) is 63.0 Å². The molecule has 0 bridgehead atoms. The second kappa shape index (κ2) is 11.1. The van der Waals surface area contributed by atoms with Gasteiger partial charge in [0.15, 0.2) is 0 Å². The first-order chi connectivity index (χ1) is 16.7. The molecular weight excluding hydrogens is 442 g/mol. The highest BCUT2D eigenvalue weighted by Crippen LogP contribution is 2.37. The number of thioether (sulfide) groups is 1. The first kappa shape index (κ1) is 23.6. The molecule has 5 rings (SSSR count). The van der Waals surface area contributed by atoms with Gasteiger partial charge in [-0.1, -0.05) is 25.1 Å². The number of rotatable bonds is 5. The average molecular weight is 480 g/mol. The van der Waals surface area contributed by atoms with Crippen LogP contribution in [0.3, 0.4) is 0 Å². The molecule has 6 nitrogen and oxygen atoms in total. The largest absolute Gasteiger partial charge is 0.354 e. The van der Waals surface area contributed by atoms with Crippen molar-refractivity contribution >= 4 is 29.2 Å². The molecule has 34 heavy (non-hydrogen) atoms. The first-order valence-corrected chi connectivity index (χ1v) is 13.7. The van der Waals surface area contributed by atoms with Gasteiger partial charge in [0.1, 0.15) is 5.82 Å². The van der Waals surface area contributed by atoms with Gasteiger partial charge in [-0.2, -0.15) is 0 Å². The van der Waals surface area contributed by atoms with Crippen molar-refractivity contribution in [3.63, 3.8) is 0 Å². The predicted molar refractivity (Wildman–Crippen MR) is 141 cm³/mol. The summed E-state index contributed by atoms with van der Waals surface area (Å²) in [4.78, 5) is 28.6. The Labute approximate surface area is 208 Å². The van der Waals surface area contributed by atoms with Crippen LogP contribution in [-0.4, -0.2) is 84.8 Å². The lowest BCUT2D eigenvalue weighted by Crippen LogP contribution is -2.50. The van der Waals surface area contributed by atoms with E-state index in [-0.39, 0.29) is 5.91 Å². The minimum Gasteiger partial charge on any atom is -0.354 e. The zero-order valence-electron chi connectivity index (χ0n) is 20.3. The fourth-order valence-electron chi connectivity index (χ4n) is 5.53. The monoisotopic (exact) mass is 479 g/mol. The molecule has 0 spiro atoms. The van der Waals surface area contributed by atoms with Crippen molar-refractivity contribution < 1.29 is 4.79 Å². The molecule has 4 heterocycles. The summed E-state index contributed by atoms with van der Waals surface area (Å²) in [5.41, 5.74) is 1.10. The van der Waals surface area contributed by atoms with E-state index < -0.39 is 0 Å². The maximum Gasteiger partial charge on any atom is 0.241 e. The highest BCUT2D eigenvalue weighted by molar-refractivity contribution is 8.00. The number of benzene rings is 1. The molecular formula is C27H37N5OS. The van der Waals surface area contributed by atoms with Crippen molar-refractivity contribution in [1.82, 2.24) is 14.8 Å². The number of likely N-dealkylation sites (tertiary alicyclic amines) is 1. The van der Waals surface area contributed by atoms with Crippen LogP contribution in [0.2, 0.25) is 0 Å². The maximum atomic E-state index is 13.4. The molecule has 0 N–H and O–H groups in total. The Kier molecular flexibility index (Phi) is 7.72. The summed E-state index contributed by atoms with van der Waals surface area (Å²) < 4.78 is 0. The Morgan fingerprint density at radius 1 is 0.971 bits per heavy atom. The number of anilines is 2. The van der Waals surface area contributed by atoms with Crippen LogP contribution in [0.25, 0.3) is 0 Å². The number of piperazine rings is 1. The number of aromatic nitrogens is 1. The number of nitrogens with zero attached hydrogens (tertiary/aromatic N) is 5. The highest BCUT2D eigenvalue weighted by Gasteiger charge is 2.29. The molecule has 7 heteroatoms. The molecule has 0 aliphatic carbocycles. The number of hydrogen-bond acceptors (Lipinski definition) is 6. The number of fused-ring (bicyclic) bond motifs is 1. The van der Waals surface area contributed by atoms with E-state index >= 15 is 0 Å². The minimum absolute atomic E-state index is 0.256. The second-order valence-electron chi connectivity index (χ2n) is 9.95. The lowest BCUT2D eigenvalue weighted by Gasteiger charge is -2.39. The predicted octanol–water partition coefficient (Wildman–Crippen LogP) is 3.83. The lowest BCUT2D eigenvalue weighted by atomic mass is 9.97. The second-order valence-corrected chi connectivity index (χ2v) is 11.4. The van der Waals surface area contributed by atoms with Crippen LogP contribution in [0.4, 0.5) is 11.5 Å². The Bertz CT molecular complexity index is 949. The number of piperidine rings is 1. The Morgan fingerprint density at radius 3 is 2.62 bits per heavy atom. The zero-order chi connectivity index (χ0) is 23.3. The SMILES string of the molecule is CC1CCN(C(=O)CN2CCCC(CN3CCN(c4ccccn4)CC3)C2)c2ccccc2S1. The fraction of sp³-hybridized carbons (Fsp3) is 0.556. The van der Waals surface area contributed by atoms with Crippen LogP contribution in [-0.2, 0) is 4.79 Å². The van der Waals surface area contributed by atoms with E-state index in [9.17, 15) is 4.79 Å². The zero-order valence-corrected chi connectivity index (χ0v) is 21.1. The lowest BCUT2D eigenvalue weighted by molar-refractivity contribution is -0.120. The van der Waals surface area contributed by atoms with Gasteiger partial charge in [0, 0.05) is 62.2 Å². The normalized spacial score (nSPS) is 24.5. The fourth-order valence-corrected chi connectivity index (χ4v) is 6.64. The molecule has 1 aromatic carbocycles. The summed E-state index contributed by atoms with van der Waals surface area (Å²) in [6.45, 7) is 11.1. The van der Waals surface area contributed by atoms with Crippen LogP contribution < -0.4 is 9.80 Å². The molecule has 182 valence electrons. The topological polar surface area (TPSA) is 42.9 Å². The van der Waals surface area contributed by atoms with E-state index in [1.807, 2.05) is 28.9 Å². The Hall–Kier alpha value is -2.09. The number of amides is 1. The van der Waals surface area contributed by atoms with Crippen LogP contribution >= 0.6 is 11.8 Å². The molecule has 2 aromatic rings. The third-order valence-electron chi connectivity index (χ3n) is 7.37. The number of para-hydroxylation sites is 1. The molecule has 2 atom stereocenters. The van der Waals surface area contributed by atoms with E-state index in [4.69, 9.17) is 0 Å². The standard InChI is InChI=1S/C27H37N5OS/c1-22-11-14-32(24-8-2-3-9-25(24)34-22)27(33)21-30-13-6-7-23(20-30)19-29-15-17-31(18-16-29)26-10-4-5-12-28-26/h2-5,8-10,12,22-23H,6-7,11,13-21H2,1H3. The van der Waals surface area contributed by atoms with Gasteiger partial charge in [0.05, 0.1) is 12.2 Å². The van der Waals surface area contributed by atoms with Crippen molar-refractivity contribution in [2.75, 3.05) is 68.7 Å². The van der Waals surface area contributed by atoms with Crippen molar-refractivity contribution in [1.29, 1.82) is 0 Å². The van der Waals surface area contributed by atoms with Crippen molar-refractivity contribution in [2.24, 2.45) is 5.92 Å². The summed E-state index contributed by atoms with van der Waals surface area (Å²) in [5.74, 6) is 1.99. The quantitative estimate of drug-likeness (QED) is 0.649. The van der Waals surface area contributed by atoms with E-state index in [1.54, 1.807) is 0 Å². The Balaban J connectivity index is 1.13. The molecule has 2 unspecified atom stereocenters. The third-order valence-corrected chi connectivity index (χ3v) is 8.61. The summed E-state index contributed by atoms with van der Waals surface area (Å²) in [6, 6.07) is 14.6. The van der Waals surface area contributed by atoms with Gasteiger partial charge in [0.25, 0.3) is 0 Å². The summed E-state index contributed by atoms with van der Waals surface area (Å²) >= 11 is 1.90. The van der Waals surface area contributed by atoms with Gasteiger partial charge in [-0.05, 0) is 56.0 Å². The van der Waals surface area contributed by atoms with Crippen LogP contribution in [0, 0.1) is 5.92 Å². The van der Waals surface area contributed by atoms with Gasteiger partial charge in [-0.15, -0.1) is 11.8 Å². The molecule has 2 saturated heterocycles. The van der Waals surface area contributed by atoms with E-state index in [0.717, 1.165) is 70.3 Å². The van der Waals surface area contributed by atoms with E-state index in [1.165, 1.54) is 17.7 Å². The molecule has 2 fully saturated rings. The summed E-state index contributed by atoms with van der Waals surface area (Å²) in [7, 11) is 0. The number of pyridine rings is 1. The van der Waals surface area contributed by atoms with Crippen LogP contribution in [0.5, 0.6) is 0 Å². The number of carbonyl (C=O) groups is 1. The van der Waals surface area contributed by atoms with Crippen molar-refractivity contribution in [3.05, 3.63) is 48.7 Å². The first-order valence-electron chi connectivity index (χ1n) is 12.8. The van der Waals surface area contributed by atoms with Crippen molar-refractivity contribution in [2.45, 2.75) is 36.3 Å². The molecule has 0 saturated carbocycles. The molecule has 0 radical (unpaired) electrons. The highest BCUT2D eigenvalue weighted by atomic mass is 32.2. The van der Waals surface area contributed by atoms with Gasteiger partial charge in [0.2, 0.25) is 5.91 Å². The minimum atomic E-state index is 0.256. The average Bonchev–Trinajstić information content (AvgIpc) is 3.03. The van der Waals surface area contributed by atoms with Crippen LogP contribution in [0.1, 0.15) is 26.2 Å². The van der Waals surface area contributed by atoms with Gasteiger partial charge in [-0.3, -0.25) is 14.6 Å². The van der Waals surface area contributed by atoms with Crippen LogP contribution in [0.15, 0.2) is 53.6 Å². The van der Waals surface area contributed by atoms with Crippen molar-refractivity contribution in [3.8, 4) is 0 Å².